The van der Waals surface area contributed by atoms with E-state index in [9.17, 15) is 8.42 Å². The summed E-state index contributed by atoms with van der Waals surface area (Å²) in [7, 11) is -0.367. The normalized spacial score (nSPS) is 14.5. The summed E-state index contributed by atoms with van der Waals surface area (Å²) in [6.07, 6.45) is 4.24. The molecule has 5 rings (SSSR count). The van der Waals surface area contributed by atoms with E-state index in [-0.39, 0.29) is 0 Å². The molecule has 7 nitrogen and oxygen atoms in total. The van der Waals surface area contributed by atoms with Crippen LogP contribution in [-0.2, 0) is 15.8 Å². The lowest BCUT2D eigenvalue weighted by atomic mass is 10.1. The molecule has 2 aromatic heterocycles. The maximum Gasteiger partial charge on any atom is 0.242 e. The first-order valence-electron chi connectivity index (χ1n) is 10.1. The van der Waals surface area contributed by atoms with Crippen molar-refractivity contribution in [2.75, 3.05) is 14.1 Å². The van der Waals surface area contributed by atoms with Crippen LogP contribution in [0.15, 0.2) is 64.8 Å². The molecule has 0 unspecified atom stereocenters. The zero-order valence-corrected chi connectivity index (χ0v) is 18.9. The molecule has 160 valence electrons. The Morgan fingerprint density at radius 3 is 2.71 bits per heavy atom. The van der Waals surface area contributed by atoms with E-state index in [1.54, 1.807) is 44.1 Å². The van der Waals surface area contributed by atoms with Gasteiger partial charge in [-0.1, -0.05) is 42.1 Å². The number of hydrogen-bond donors (Lipinski definition) is 1. The monoisotopic (exact) mass is 453 g/mol. The summed E-state index contributed by atoms with van der Waals surface area (Å²) in [4.78, 5) is 3.63. The molecule has 1 fully saturated rings. The Morgan fingerprint density at radius 1 is 1.13 bits per heavy atom. The highest BCUT2D eigenvalue weighted by Crippen LogP contribution is 2.42. The van der Waals surface area contributed by atoms with Crippen LogP contribution in [0.2, 0.25) is 0 Å². The van der Waals surface area contributed by atoms with Gasteiger partial charge in [0, 0.05) is 48.6 Å². The van der Waals surface area contributed by atoms with E-state index in [4.69, 9.17) is 0 Å². The van der Waals surface area contributed by atoms with Gasteiger partial charge in [-0.3, -0.25) is 4.57 Å². The van der Waals surface area contributed by atoms with Crippen molar-refractivity contribution in [3.63, 3.8) is 0 Å². The topological polar surface area (TPSA) is 83.9 Å². The number of fused-ring (bicyclic) bond motifs is 1. The SMILES string of the molecule is CN(C)S(=O)(=O)c1cccc(CSc2nnc(-c3c[nH]c4ccccc34)n2C2CC2)c1. The first-order valence-corrected chi connectivity index (χ1v) is 12.5. The molecule has 0 atom stereocenters. The third-order valence-electron chi connectivity index (χ3n) is 5.45. The fourth-order valence-corrected chi connectivity index (χ4v) is 5.55. The lowest BCUT2D eigenvalue weighted by molar-refractivity contribution is 0.520. The predicted molar refractivity (Wildman–Crippen MR) is 122 cm³/mol. The fourth-order valence-electron chi connectivity index (χ4n) is 3.63. The van der Waals surface area contributed by atoms with Crippen LogP contribution >= 0.6 is 11.8 Å². The van der Waals surface area contributed by atoms with Gasteiger partial charge in [0.25, 0.3) is 0 Å². The van der Waals surface area contributed by atoms with Gasteiger partial charge >= 0.3 is 0 Å². The van der Waals surface area contributed by atoms with Gasteiger partial charge in [-0.15, -0.1) is 10.2 Å². The molecule has 0 spiro atoms. The maximum absolute atomic E-state index is 12.4. The van der Waals surface area contributed by atoms with E-state index in [1.165, 1.54) is 4.31 Å². The average molecular weight is 454 g/mol. The van der Waals surface area contributed by atoms with Gasteiger partial charge in [-0.2, -0.15) is 0 Å². The number of sulfonamides is 1. The zero-order chi connectivity index (χ0) is 21.6. The number of para-hydroxylation sites is 1. The third-order valence-corrected chi connectivity index (χ3v) is 8.28. The van der Waals surface area contributed by atoms with Crippen LogP contribution in [0.1, 0.15) is 24.4 Å². The third kappa shape index (κ3) is 3.77. The number of nitrogens with zero attached hydrogens (tertiary/aromatic N) is 4. The highest BCUT2D eigenvalue weighted by atomic mass is 32.2. The molecule has 1 aliphatic carbocycles. The van der Waals surface area contributed by atoms with Crippen molar-refractivity contribution in [3.8, 4) is 11.4 Å². The van der Waals surface area contributed by atoms with Gasteiger partial charge in [0.2, 0.25) is 10.0 Å². The number of thioether (sulfide) groups is 1. The number of nitrogens with one attached hydrogen (secondary N) is 1. The molecule has 2 heterocycles. The standard InChI is InChI=1S/C22H23N5O2S2/c1-26(2)31(28,29)17-7-5-6-15(12-17)14-30-22-25-24-21(27(22)16-10-11-16)19-13-23-20-9-4-3-8-18(19)20/h3-9,12-13,16,23H,10-11,14H2,1-2H3. The Kier molecular flexibility index (Phi) is 5.11. The van der Waals surface area contributed by atoms with Gasteiger partial charge in [0.05, 0.1) is 4.90 Å². The molecule has 1 saturated carbocycles. The fraction of sp³-hybridized carbons (Fsp3) is 0.273. The minimum atomic E-state index is -3.45. The molecule has 9 heteroatoms. The second-order valence-electron chi connectivity index (χ2n) is 7.88. The number of aromatic nitrogens is 4. The van der Waals surface area contributed by atoms with Crippen molar-refractivity contribution in [2.24, 2.45) is 0 Å². The molecule has 31 heavy (non-hydrogen) atoms. The molecule has 1 N–H and O–H groups in total. The summed E-state index contributed by atoms with van der Waals surface area (Å²) in [6.45, 7) is 0. The summed E-state index contributed by atoms with van der Waals surface area (Å²) in [5.41, 5.74) is 3.07. The second kappa shape index (κ2) is 7.81. The minimum Gasteiger partial charge on any atom is -0.360 e. The maximum atomic E-state index is 12.4. The number of benzene rings is 2. The smallest absolute Gasteiger partial charge is 0.242 e. The number of hydrogen-bond acceptors (Lipinski definition) is 5. The van der Waals surface area contributed by atoms with Crippen LogP contribution in [-0.4, -0.2) is 46.6 Å². The van der Waals surface area contributed by atoms with Crippen molar-refractivity contribution < 1.29 is 8.42 Å². The molecule has 2 aromatic carbocycles. The van der Waals surface area contributed by atoms with E-state index >= 15 is 0 Å². The molecule has 0 bridgehead atoms. The average Bonchev–Trinajstić information content (AvgIpc) is 3.38. The highest BCUT2D eigenvalue weighted by Gasteiger charge is 2.31. The van der Waals surface area contributed by atoms with Crippen LogP contribution in [0.5, 0.6) is 0 Å². The van der Waals surface area contributed by atoms with Crippen molar-refractivity contribution in [1.29, 1.82) is 0 Å². The van der Waals surface area contributed by atoms with Gasteiger partial charge in [0.1, 0.15) is 0 Å². The van der Waals surface area contributed by atoms with Crippen LogP contribution in [0.25, 0.3) is 22.3 Å². The molecule has 1 aliphatic rings. The molecule has 0 saturated heterocycles. The van der Waals surface area contributed by atoms with E-state index < -0.39 is 10.0 Å². The molecule has 4 aromatic rings. The second-order valence-corrected chi connectivity index (χ2v) is 11.0. The highest BCUT2D eigenvalue weighted by molar-refractivity contribution is 7.98. The van der Waals surface area contributed by atoms with Crippen LogP contribution in [0.3, 0.4) is 0 Å². The Bertz CT molecular complexity index is 1350. The Labute approximate surface area is 185 Å². The van der Waals surface area contributed by atoms with E-state index in [0.29, 0.717) is 16.7 Å². The molecular weight excluding hydrogens is 430 g/mol. The molecule has 0 radical (unpaired) electrons. The van der Waals surface area contributed by atoms with Gasteiger partial charge < -0.3 is 4.98 Å². The van der Waals surface area contributed by atoms with Crippen molar-refractivity contribution in [1.82, 2.24) is 24.1 Å². The lowest BCUT2D eigenvalue weighted by Crippen LogP contribution is -2.22. The van der Waals surface area contributed by atoms with Crippen LogP contribution in [0, 0.1) is 0 Å². The van der Waals surface area contributed by atoms with Gasteiger partial charge in [-0.25, -0.2) is 12.7 Å². The van der Waals surface area contributed by atoms with Gasteiger partial charge in [-0.05, 0) is 36.6 Å². The molecule has 0 aliphatic heterocycles. The van der Waals surface area contributed by atoms with E-state index in [0.717, 1.165) is 45.9 Å². The number of aromatic amines is 1. The van der Waals surface area contributed by atoms with Crippen molar-refractivity contribution in [2.45, 2.75) is 34.7 Å². The minimum absolute atomic E-state index is 0.304. The Hall–Kier alpha value is -2.62. The quantitative estimate of drug-likeness (QED) is 0.422. The van der Waals surface area contributed by atoms with Crippen molar-refractivity contribution >= 4 is 32.7 Å². The Morgan fingerprint density at radius 2 is 1.94 bits per heavy atom. The van der Waals surface area contributed by atoms with Crippen molar-refractivity contribution in [3.05, 3.63) is 60.3 Å². The molecular formula is C22H23N5O2S2. The summed E-state index contributed by atoms with van der Waals surface area (Å²) in [6, 6.07) is 15.7. The van der Waals surface area contributed by atoms with Gasteiger partial charge in [0.15, 0.2) is 11.0 Å². The Balaban J connectivity index is 1.44. The summed E-state index contributed by atoms with van der Waals surface area (Å²) in [5.74, 6) is 1.50. The molecule has 0 amide bonds. The summed E-state index contributed by atoms with van der Waals surface area (Å²) >= 11 is 1.59. The lowest BCUT2D eigenvalue weighted by Gasteiger charge is -2.12. The van der Waals surface area contributed by atoms with Crippen LogP contribution in [0.4, 0.5) is 0 Å². The summed E-state index contributed by atoms with van der Waals surface area (Å²) < 4.78 is 28.4. The van der Waals surface area contributed by atoms with E-state index in [1.807, 2.05) is 24.4 Å². The van der Waals surface area contributed by atoms with Crippen LogP contribution < -0.4 is 0 Å². The number of H-pyrrole nitrogens is 1. The first-order chi connectivity index (χ1) is 14.9. The zero-order valence-electron chi connectivity index (χ0n) is 17.3. The summed E-state index contributed by atoms with van der Waals surface area (Å²) in [5, 5.41) is 11.0. The van der Waals surface area contributed by atoms with E-state index in [2.05, 4.69) is 31.9 Å². The number of rotatable bonds is 7. The largest absolute Gasteiger partial charge is 0.360 e. The first kappa shape index (κ1) is 20.3. The predicted octanol–water partition coefficient (Wildman–Crippen LogP) is 4.30.